The number of hydrogen-bond donors (Lipinski definition) is 1. The van der Waals surface area contributed by atoms with E-state index in [1.807, 2.05) is 0 Å². The highest BCUT2D eigenvalue weighted by atomic mass is 19.1. The third-order valence-corrected chi connectivity index (χ3v) is 3.55. The van der Waals surface area contributed by atoms with Crippen LogP contribution in [0, 0.1) is 17.6 Å². The summed E-state index contributed by atoms with van der Waals surface area (Å²) in [6.45, 7) is 0. The summed E-state index contributed by atoms with van der Waals surface area (Å²) >= 11 is 0. The molecule has 2 N–H and O–H groups in total. The quantitative estimate of drug-likeness (QED) is 0.882. The number of methoxy groups -OCH3 is 1. The number of halogens is 2. The second-order valence-electron chi connectivity index (χ2n) is 4.55. The molecule has 1 atom stereocenters. The van der Waals surface area contributed by atoms with Gasteiger partial charge in [0.2, 0.25) is 0 Å². The maximum atomic E-state index is 14.0. The summed E-state index contributed by atoms with van der Waals surface area (Å²) in [5.74, 6) is -1.02. The van der Waals surface area contributed by atoms with E-state index < -0.39 is 17.7 Å². The minimum Gasteiger partial charge on any atom is -0.494 e. The number of hydrogen-bond acceptors (Lipinski definition) is 2. The Morgan fingerprint density at radius 1 is 1.29 bits per heavy atom. The fraction of sp³-hybridized carbons (Fsp3) is 0.538. The Labute approximate surface area is 99.8 Å². The Morgan fingerprint density at radius 3 is 2.53 bits per heavy atom. The molecule has 17 heavy (non-hydrogen) atoms. The van der Waals surface area contributed by atoms with Gasteiger partial charge in [0.1, 0.15) is 5.82 Å². The largest absolute Gasteiger partial charge is 0.494 e. The number of ether oxygens (including phenoxy) is 1. The van der Waals surface area contributed by atoms with Crippen LogP contribution in [0.5, 0.6) is 5.75 Å². The zero-order chi connectivity index (χ0) is 12.4. The van der Waals surface area contributed by atoms with Crippen molar-refractivity contribution in [2.75, 3.05) is 7.11 Å². The van der Waals surface area contributed by atoms with Gasteiger partial charge in [0.15, 0.2) is 11.6 Å². The normalized spacial score (nSPS) is 18.4. The van der Waals surface area contributed by atoms with Crippen LogP contribution in [0.2, 0.25) is 0 Å². The average molecular weight is 241 g/mol. The predicted octanol–water partition coefficient (Wildman–Crippen LogP) is 3.16. The lowest BCUT2D eigenvalue weighted by molar-refractivity contribution is 0.364. The Morgan fingerprint density at radius 2 is 1.94 bits per heavy atom. The molecule has 1 aromatic rings. The Balaban J connectivity index is 2.35. The Bertz CT molecular complexity index is 403. The van der Waals surface area contributed by atoms with Crippen LogP contribution in [0.1, 0.15) is 37.3 Å². The monoisotopic (exact) mass is 241 g/mol. The van der Waals surface area contributed by atoms with Gasteiger partial charge in [-0.3, -0.25) is 0 Å². The van der Waals surface area contributed by atoms with Crippen LogP contribution < -0.4 is 10.5 Å². The summed E-state index contributed by atoms with van der Waals surface area (Å²) in [5, 5.41) is 0. The van der Waals surface area contributed by atoms with Crippen molar-refractivity contribution in [2.24, 2.45) is 11.7 Å². The van der Waals surface area contributed by atoms with Crippen LogP contribution in [-0.4, -0.2) is 7.11 Å². The van der Waals surface area contributed by atoms with Gasteiger partial charge in [-0.25, -0.2) is 8.78 Å². The molecule has 1 aliphatic rings. The van der Waals surface area contributed by atoms with E-state index in [1.54, 1.807) is 0 Å². The molecule has 0 aliphatic heterocycles. The fourth-order valence-corrected chi connectivity index (χ4v) is 2.56. The van der Waals surface area contributed by atoms with Crippen LogP contribution in [0.4, 0.5) is 8.78 Å². The lowest BCUT2D eigenvalue weighted by Gasteiger charge is -2.21. The smallest absolute Gasteiger partial charge is 0.172 e. The summed E-state index contributed by atoms with van der Waals surface area (Å²) in [6.07, 6.45) is 4.06. The third kappa shape index (κ3) is 2.27. The van der Waals surface area contributed by atoms with E-state index >= 15 is 0 Å². The molecule has 0 bridgehead atoms. The van der Waals surface area contributed by atoms with E-state index in [0.717, 1.165) is 25.7 Å². The van der Waals surface area contributed by atoms with Gasteiger partial charge in [-0.2, -0.15) is 0 Å². The first-order valence-corrected chi connectivity index (χ1v) is 5.92. The molecular formula is C13H17F2NO. The molecule has 2 nitrogen and oxygen atoms in total. The number of nitrogens with two attached hydrogens (primary N) is 1. The molecule has 0 aromatic heterocycles. The van der Waals surface area contributed by atoms with E-state index in [1.165, 1.54) is 19.2 Å². The van der Waals surface area contributed by atoms with Crippen molar-refractivity contribution in [1.29, 1.82) is 0 Å². The van der Waals surface area contributed by atoms with Crippen LogP contribution in [-0.2, 0) is 0 Å². The van der Waals surface area contributed by atoms with Crippen LogP contribution in [0.25, 0.3) is 0 Å². The van der Waals surface area contributed by atoms with Gasteiger partial charge in [-0.05, 0) is 30.9 Å². The number of benzene rings is 1. The van der Waals surface area contributed by atoms with Crippen molar-refractivity contribution in [3.8, 4) is 5.75 Å². The predicted molar refractivity (Wildman–Crippen MR) is 61.8 cm³/mol. The average Bonchev–Trinajstić information content (AvgIpc) is 2.82. The molecule has 0 heterocycles. The van der Waals surface area contributed by atoms with Crippen molar-refractivity contribution in [3.63, 3.8) is 0 Å². The molecule has 0 unspecified atom stereocenters. The first kappa shape index (κ1) is 12.3. The van der Waals surface area contributed by atoms with E-state index in [-0.39, 0.29) is 17.2 Å². The van der Waals surface area contributed by atoms with Gasteiger partial charge in [0.05, 0.1) is 7.11 Å². The molecule has 4 heteroatoms. The minimum absolute atomic E-state index is 0.0313. The fourth-order valence-electron chi connectivity index (χ4n) is 2.56. The summed E-state index contributed by atoms with van der Waals surface area (Å²) in [6, 6.07) is 1.93. The molecule has 94 valence electrons. The minimum atomic E-state index is -0.660. The van der Waals surface area contributed by atoms with Crippen molar-refractivity contribution < 1.29 is 13.5 Å². The third-order valence-electron chi connectivity index (χ3n) is 3.55. The van der Waals surface area contributed by atoms with Crippen molar-refractivity contribution >= 4 is 0 Å². The molecule has 0 radical (unpaired) electrons. The highest BCUT2D eigenvalue weighted by molar-refractivity contribution is 5.34. The lowest BCUT2D eigenvalue weighted by Crippen LogP contribution is -2.22. The maximum Gasteiger partial charge on any atom is 0.172 e. The number of rotatable bonds is 3. The highest BCUT2D eigenvalue weighted by Crippen LogP contribution is 2.37. The topological polar surface area (TPSA) is 35.2 Å². The van der Waals surface area contributed by atoms with E-state index in [0.29, 0.717) is 0 Å². The summed E-state index contributed by atoms with van der Waals surface area (Å²) in [5.41, 5.74) is 5.96. The van der Waals surface area contributed by atoms with Gasteiger partial charge < -0.3 is 10.5 Å². The van der Waals surface area contributed by atoms with Gasteiger partial charge in [0, 0.05) is 11.6 Å². The van der Waals surface area contributed by atoms with Gasteiger partial charge in [-0.1, -0.05) is 12.8 Å². The van der Waals surface area contributed by atoms with E-state index in [2.05, 4.69) is 0 Å². The lowest BCUT2D eigenvalue weighted by atomic mass is 9.91. The summed E-state index contributed by atoms with van der Waals surface area (Å²) < 4.78 is 32.5. The Hall–Kier alpha value is -1.16. The van der Waals surface area contributed by atoms with E-state index in [4.69, 9.17) is 10.5 Å². The van der Waals surface area contributed by atoms with Crippen molar-refractivity contribution in [1.82, 2.24) is 0 Å². The molecule has 2 rings (SSSR count). The molecule has 0 amide bonds. The van der Waals surface area contributed by atoms with Crippen molar-refractivity contribution in [2.45, 2.75) is 31.7 Å². The molecule has 0 spiro atoms. The van der Waals surface area contributed by atoms with Gasteiger partial charge in [-0.15, -0.1) is 0 Å². The second-order valence-corrected chi connectivity index (χ2v) is 4.55. The molecule has 0 saturated heterocycles. The van der Waals surface area contributed by atoms with Crippen LogP contribution in [0.15, 0.2) is 12.1 Å². The zero-order valence-corrected chi connectivity index (χ0v) is 9.88. The van der Waals surface area contributed by atoms with Gasteiger partial charge >= 0.3 is 0 Å². The first-order valence-electron chi connectivity index (χ1n) is 5.92. The first-order chi connectivity index (χ1) is 8.15. The van der Waals surface area contributed by atoms with Gasteiger partial charge in [0.25, 0.3) is 0 Å². The molecule has 1 saturated carbocycles. The molecule has 1 aromatic carbocycles. The Kier molecular flexibility index (Phi) is 3.62. The molecule has 1 aliphatic carbocycles. The van der Waals surface area contributed by atoms with Crippen LogP contribution >= 0.6 is 0 Å². The standard InChI is InChI=1S/C13H17F2NO/c1-17-10-7-6-9(14)11(12(10)15)13(16)8-4-2-3-5-8/h6-8,13H,2-5,16H2,1H3/t13-/m1/s1. The van der Waals surface area contributed by atoms with Crippen molar-refractivity contribution in [3.05, 3.63) is 29.3 Å². The highest BCUT2D eigenvalue weighted by Gasteiger charge is 2.28. The molecular weight excluding hydrogens is 224 g/mol. The summed E-state index contributed by atoms with van der Waals surface area (Å²) in [7, 11) is 1.36. The maximum absolute atomic E-state index is 14.0. The molecule has 1 fully saturated rings. The van der Waals surface area contributed by atoms with Crippen LogP contribution in [0.3, 0.4) is 0 Å². The summed E-state index contributed by atoms with van der Waals surface area (Å²) in [4.78, 5) is 0. The SMILES string of the molecule is COc1ccc(F)c([C@H](N)C2CCCC2)c1F. The zero-order valence-electron chi connectivity index (χ0n) is 9.88. The van der Waals surface area contributed by atoms with E-state index in [9.17, 15) is 8.78 Å². The second kappa shape index (κ2) is 5.00.